The number of benzene rings is 1. The second-order valence-corrected chi connectivity index (χ2v) is 4.15. The van der Waals surface area contributed by atoms with Gasteiger partial charge in [0.05, 0.1) is 5.56 Å². The normalized spacial score (nSPS) is 11.6. The third kappa shape index (κ3) is 2.73. The fourth-order valence-electron chi connectivity index (χ4n) is 1.44. The van der Waals surface area contributed by atoms with Crippen molar-refractivity contribution < 1.29 is 13.2 Å². The number of hydrogen-bond donors (Lipinski definition) is 0. The zero-order chi connectivity index (χ0) is 13.3. The van der Waals surface area contributed by atoms with Crippen molar-refractivity contribution in [1.29, 1.82) is 0 Å². The Balaban J connectivity index is 2.64. The predicted molar refractivity (Wildman–Crippen MR) is 62.5 cm³/mol. The molecule has 2 aromatic rings. The highest BCUT2D eigenvalue weighted by molar-refractivity contribution is 6.33. The number of halogens is 5. The highest BCUT2D eigenvalue weighted by atomic mass is 35.5. The standard InChI is InChI=1S/C11H5Cl2F3N2/c12-8-5-9(13)18-10(17-8)6-3-1-2-4-7(6)11(14,15)16/h1-5H. The molecular weight excluding hydrogens is 288 g/mol. The van der Waals surface area contributed by atoms with Crippen molar-refractivity contribution >= 4 is 23.2 Å². The van der Waals surface area contributed by atoms with Crippen LogP contribution in [0.1, 0.15) is 5.56 Å². The van der Waals surface area contributed by atoms with E-state index in [1.165, 1.54) is 24.3 Å². The van der Waals surface area contributed by atoms with Gasteiger partial charge >= 0.3 is 6.18 Å². The smallest absolute Gasteiger partial charge is 0.216 e. The van der Waals surface area contributed by atoms with Gasteiger partial charge in [-0.3, -0.25) is 0 Å². The Morgan fingerprint density at radius 1 is 0.944 bits per heavy atom. The highest BCUT2D eigenvalue weighted by Gasteiger charge is 2.34. The van der Waals surface area contributed by atoms with Crippen LogP contribution in [0.3, 0.4) is 0 Å². The molecule has 1 aromatic carbocycles. The summed E-state index contributed by atoms with van der Waals surface area (Å²) in [4.78, 5) is 7.50. The summed E-state index contributed by atoms with van der Waals surface area (Å²) in [5.41, 5.74) is -0.988. The van der Waals surface area contributed by atoms with Gasteiger partial charge in [-0.25, -0.2) is 9.97 Å². The van der Waals surface area contributed by atoms with Gasteiger partial charge in [0.25, 0.3) is 0 Å². The maximum atomic E-state index is 12.8. The SMILES string of the molecule is FC(F)(F)c1ccccc1-c1nc(Cl)cc(Cl)n1. The van der Waals surface area contributed by atoms with Crippen LogP contribution in [0.4, 0.5) is 13.2 Å². The summed E-state index contributed by atoms with van der Waals surface area (Å²) >= 11 is 11.3. The fourth-order valence-corrected chi connectivity index (χ4v) is 1.86. The van der Waals surface area contributed by atoms with Crippen LogP contribution in [-0.2, 0) is 6.18 Å². The molecule has 2 rings (SSSR count). The van der Waals surface area contributed by atoms with Gasteiger partial charge in [0, 0.05) is 11.6 Å². The van der Waals surface area contributed by atoms with Crippen molar-refractivity contribution in [2.24, 2.45) is 0 Å². The monoisotopic (exact) mass is 292 g/mol. The van der Waals surface area contributed by atoms with Gasteiger partial charge in [-0.15, -0.1) is 0 Å². The molecule has 7 heteroatoms. The second kappa shape index (κ2) is 4.74. The molecule has 0 aliphatic heterocycles. The van der Waals surface area contributed by atoms with E-state index in [0.717, 1.165) is 6.07 Å². The van der Waals surface area contributed by atoms with E-state index in [1.54, 1.807) is 0 Å². The lowest BCUT2D eigenvalue weighted by atomic mass is 10.1. The highest BCUT2D eigenvalue weighted by Crippen LogP contribution is 2.36. The molecule has 0 aliphatic rings. The Bertz CT molecular complexity index is 564. The Kier molecular flexibility index (Phi) is 3.45. The first-order chi connectivity index (χ1) is 8.38. The average Bonchev–Trinajstić information content (AvgIpc) is 2.26. The molecule has 0 unspecified atom stereocenters. The zero-order valence-electron chi connectivity index (χ0n) is 8.67. The number of nitrogens with zero attached hydrogens (tertiary/aromatic N) is 2. The molecule has 0 bridgehead atoms. The van der Waals surface area contributed by atoms with E-state index >= 15 is 0 Å². The summed E-state index contributed by atoms with van der Waals surface area (Å²) in [6, 6.07) is 6.22. The topological polar surface area (TPSA) is 25.8 Å². The molecule has 18 heavy (non-hydrogen) atoms. The largest absolute Gasteiger partial charge is 0.417 e. The summed E-state index contributed by atoms with van der Waals surface area (Å²) in [5.74, 6) is -0.152. The number of rotatable bonds is 1. The van der Waals surface area contributed by atoms with Crippen LogP contribution in [0, 0.1) is 0 Å². The number of hydrogen-bond acceptors (Lipinski definition) is 2. The van der Waals surface area contributed by atoms with Gasteiger partial charge in [0.1, 0.15) is 10.3 Å². The first kappa shape index (κ1) is 13.1. The van der Waals surface area contributed by atoms with Crippen LogP contribution < -0.4 is 0 Å². The molecule has 0 aliphatic carbocycles. The number of alkyl halides is 3. The van der Waals surface area contributed by atoms with Crippen molar-refractivity contribution in [2.45, 2.75) is 6.18 Å². The van der Waals surface area contributed by atoms with Gasteiger partial charge < -0.3 is 0 Å². The van der Waals surface area contributed by atoms with Gasteiger partial charge in [-0.1, -0.05) is 41.4 Å². The first-order valence-corrected chi connectivity index (χ1v) is 5.50. The molecule has 0 saturated carbocycles. The first-order valence-electron chi connectivity index (χ1n) is 4.74. The molecule has 94 valence electrons. The van der Waals surface area contributed by atoms with E-state index < -0.39 is 11.7 Å². The Morgan fingerprint density at radius 2 is 1.50 bits per heavy atom. The Labute approximate surface area is 110 Å². The van der Waals surface area contributed by atoms with E-state index in [4.69, 9.17) is 23.2 Å². The zero-order valence-corrected chi connectivity index (χ0v) is 10.2. The van der Waals surface area contributed by atoms with E-state index in [9.17, 15) is 13.2 Å². The van der Waals surface area contributed by atoms with Crippen LogP contribution in [0.15, 0.2) is 30.3 Å². The molecule has 0 atom stereocenters. The Morgan fingerprint density at radius 3 is 2.06 bits per heavy atom. The lowest BCUT2D eigenvalue weighted by molar-refractivity contribution is -0.137. The minimum atomic E-state index is -4.49. The van der Waals surface area contributed by atoms with Crippen molar-refractivity contribution in [3.8, 4) is 11.4 Å². The minimum Gasteiger partial charge on any atom is -0.216 e. The van der Waals surface area contributed by atoms with E-state index in [0.29, 0.717) is 0 Å². The molecule has 0 amide bonds. The molecule has 0 spiro atoms. The fraction of sp³-hybridized carbons (Fsp3) is 0.0909. The number of aromatic nitrogens is 2. The van der Waals surface area contributed by atoms with Crippen LogP contribution in [0.5, 0.6) is 0 Å². The molecule has 0 fully saturated rings. The van der Waals surface area contributed by atoms with Crippen molar-refractivity contribution in [2.75, 3.05) is 0 Å². The molecule has 1 aromatic heterocycles. The summed E-state index contributed by atoms with van der Waals surface area (Å²) in [6.07, 6.45) is -4.49. The quantitative estimate of drug-likeness (QED) is 0.725. The third-order valence-electron chi connectivity index (χ3n) is 2.14. The maximum absolute atomic E-state index is 12.8. The van der Waals surface area contributed by atoms with Gasteiger partial charge in [-0.05, 0) is 6.07 Å². The lowest BCUT2D eigenvalue weighted by Gasteiger charge is -2.11. The van der Waals surface area contributed by atoms with Crippen LogP contribution in [0.25, 0.3) is 11.4 Å². The Hall–Kier alpha value is -1.33. The van der Waals surface area contributed by atoms with Gasteiger partial charge in [-0.2, -0.15) is 13.2 Å². The van der Waals surface area contributed by atoms with Crippen molar-refractivity contribution in [1.82, 2.24) is 9.97 Å². The molecule has 0 saturated heterocycles. The van der Waals surface area contributed by atoms with Crippen LogP contribution >= 0.6 is 23.2 Å². The van der Waals surface area contributed by atoms with Crippen LogP contribution in [0.2, 0.25) is 10.3 Å². The molecule has 1 heterocycles. The summed E-state index contributed by atoms with van der Waals surface area (Å²) in [5, 5.41) is -0.0241. The van der Waals surface area contributed by atoms with Crippen LogP contribution in [-0.4, -0.2) is 9.97 Å². The second-order valence-electron chi connectivity index (χ2n) is 3.38. The summed E-state index contributed by atoms with van der Waals surface area (Å²) in [7, 11) is 0. The maximum Gasteiger partial charge on any atom is 0.417 e. The van der Waals surface area contributed by atoms with E-state index in [2.05, 4.69) is 9.97 Å². The molecule has 0 N–H and O–H groups in total. The predicted octanol–water partition coefficient (Wildman–Crippen LogP) is 4.47. The molecular formula is C11H5Cl2F3N2. The summed E-state index contributed by atoms with van der Waals surface area (Å²) < 4.78 is 38.4. The molecule has 2 nitrogen and oxygen atoms in total. The van der Waals surface area contributed by atoms with E-state index in [1.807, 2.05) is 0 Å². The van der Waals surface area contributed by atoms with Gasteiger partial charge in [0.2, 0.25) is 0 Å². The van der Waals surface area contributed by atoms with Crippen molar-refractivity contribution in [3.63, 3.8) is 0 Å². The minimum absolute atomic E-state index is 0.0121. The molecule has 0 radical (unpaired) electrons. The lowest BCUT2D eigenvalue weighted by Crippen LogP contribution is -2.08. The third-order valence-corrected chi connectivity index (χ3v) is 2.52. The van der Waals surface area contributed by atoms with Crippen molar-refractivity contribution in [3.05, 3.63) is 46.2 Å². The van der Waals surface area contributed by atoms with Gasteiger partial charge in [0.15, 0.2) is 5.82 Å². The average molecular weight is 293 g/mol. The van der Waals surface area contributed by atoms with E-state index in [-0.39, 0.29) is 21.7 Å². The summed E-state index contributed by atoms with van der Waals surface area (Å²) in [6.45, 7) is 0.